The number of halogens is 1. The first-order valence-electron chi connectivity index (χ1n) is 5.48. The van der Waals surface area contributed by atoms with Gasteiger partial charge in [0.15, 0.2) is 0 Å². The third kappa shape index (κ3) is 2.41. The van der Waals surface area contributed by atoms with Crippen LogP contribution in [-0.4, -0.2) is 20.0 Å². The van der Waals surface area contributed by atoms with E-state index in [0.29, 0.717) is 11.8 Å². The van der Waals surface area contributed by atoms with E-state index in [2.05, 4.69) is 38.1 Å². The van der Waals surface area contributed by atoms with Gasteiger partial charge in [0.1, 0.15) is 0 Å². The van der Waals surface area contributed by atoms with Gasteiger partial charge in [-0.15, -0.1) is 10.2 Å². The number of aryl methyl sites for hydroxylation is 2. The Morgan fingerprint density at radius 1 is 1.29 bits per heavy atom. The molecule has 2 heterocycles. The topological polar surface area (TPSA) is 56.7 Å². The average molecular weight is 299 g/mol. The number of hydrogen-bond donors (Lipinski definition) is 0. The van der Waals surface area contributed by atoms with E-state index < -0.39 is 0 Å². The molecule has 0 aliphatic heterocycles. The van der Waals surface area contributed by atoms with Crippen LogP contribution >= 0.6 is 15.9 Å². The van der Waals surface area contributed by atoms with Gasteiger partial charge in [-0.2, -0.15) is 5.10 Å². The highest BCUT2D eigenvalue weighted by molar-refractivity contribution is 9.10. The summed E-state index contributed by atoms with van der Waals surface area (Å²) in [7, 11) is 0. The Morgan fingerprint density at radius 3 is 2.47 bits per heavy atom. The lowest BCUT2D eigenvalue weighted by atomic mass is 10.2. The highest BCUT2D eigenvalue weighted by atomic mass is 79.9. The fraction of sp³-hybridized carbons (Fsp3) is 0.545. The lowest BCUT2D eigenvalue weighted by Crippen LogP contribution is -2.09. The predicted octanol–water partition coefficient (Wildman–Crippen LogP) is 2.76. The summed E-state index contributed by atoms with van der Waals surface area (Å²) in [6, 6.07) is 0. The van der Waals surface area contributed by atoms with E-state index in [4.69, 9.17) is 4.42 Å². The van der Waals surface area contributed by atoms with Crippen LogP contribution < -0.4 is 0 Å². The van der Waals surface area contributed by atoms with E-state index in [1.54, 1.807) is 6.92 Å². The first-order valence-corrected chi connectivity index (χ1v) is 6.28. The van der Waals surface area contributed by atoms with Gasteiger partial charge < -0.3 is 4.42 Å². The van der Waals surface area contributed by atoms with Crippen LogP contribution in [0.25, 0.3) is 0 Å². The second-order valence-electron chi connectivity index (χ2n) is 4.23. The Kier molecular flexibility index (Phi) is 3.33. The van der Waals surface area contributed by atoms with Crippen molar-refractivity contribution in [3.63, 3.8) is 0 Å². The fourth-order valence-electron chi connectivity index (χ4n) is 1.70. The van der Waals surface area contributed by atoms with Crippen LogP contribution in [0.5, 0.6) is 0 Å². The van der Waals surface area contributed by atoms with Crippen molar-refractivity contribution in [3.05, 3.63) is 27.6 Å². The number of nitrogens with zero attached hydrogens (tertiary/aromatic N) is 4. The third-order valence-corrected chi connectivity index (χ3v) is 3.85. The van der Waals surface area contributed by atoms with E-state index in [1.165, 1.54) is 0 Å². The molecule has 0 aromatic carbocycles. The van der Waals surface area contributed by atoms with Crippen LogP contribution in [0.3, 0.4) is 0 Å². The highest BCUT2D eigenvalue weighted by Gasteiger charge is 2.16. The summed E-state index contributed by atoms with van der Waals surface area (Å²) in [5.74, 6) is 1.41. The van der Waals surface area contributed by atoms with Crippen molar-refractivity contribution in [1.29, 1.82) is 0 Å². The Morgan fingerprint density at radius 2 is 2.00 bits per heavy atom. The van der Waals surface area contributed by atoms with Crippen LogP contribution in [0.4, 0.5) is 0 Å². The maximum absolute atomic E-state index is 5.42. The molecule has 17 heavy (non-hydrogen) atoms. The van der Waals surface area contributed by atoms with Crippen molar-refractivity contribution in [2.45, 2.75) is 40.2 Å². The standard InChI is InChI=1S/C11H15BrN4O/c1-6(11-14-13-9(4)17-11)5-16-8(3)10(12)7(2)15-16/h6H,5H2,1-4H3. The molecule has 2 aromatic heterocycles. The van der Waals surface area contributed by atoms with Gasteiger partial charge in [-0.1, -0.05) is 6.92 Å². The van der Waals surface area contributed by atoms with E-state index in [9.17, 15) is 0 Å². The molecule has 2 rings (SSSR count). The molecule has 0 amide bonds. The zero-order valence-electron chi connectivity index (χ0n) is 10.4. The highest BCUT2D eigenvalue weighted by Crippen LogP contribution is 2.22. The van der Waals surface area contributed by atoms with E-state index >= 15 is 0 Å². The molecule has 6 heteroatoms. The molecule has 0 saturated carbocycles. The molecule has 0 N–H and O–H groups in total. The van der Waals surface area contributed by atoms with Gasteiger partial charge in [0.25, 0.3) is 0 Å². The molecule has 0 bridgehead atoms. The minimum atomic E-state index is 0.154. The molecular weight excluding hydrogens is 284 g/mol. The summed E-state index contributed by atoms with van der Waals surface area (Å²) in [6.07, 6.45) is 0. The van der Waals surface area contributed by atoms with E-state index in [0.717, 1.165) is 22.4 Å². The maximum atomic E-state index is 5.42. The van der Waals surface area contributed by atoms with E-state index in [-0.39, 0.29) is 5.92 Å². The molecule has 2 aromatic rings. The van der Waals surface area contributed by atoms with Crippen molar-refractivity contribution < 1.29 is 4.42 Å². The normalized spacial score (nSPS) is 13.0. The summed E-state index contributed by atoms with van der Waals surface area (Å²) >= 11 is 3.52. The van der Waals surface area contributed by atoms with Gasteiger partial charge in [0.05, 0.1) is 22.6 Å². The molecule has 0 saturated heterocycles. The second-order valence-corrected chi connectivity index (χ2v) is 5.02. The third-order valence-electron chi connectivity index (χ3n) is 2.70. The van der Waals surface area contributed by atoms with Gasteiger partial charge in [0.2, 0.25) is 11.8 Å². The molecule has 0 spiro atoms. The average Bonchev–Trinajstić information content (AvgIpc) is 2.80. The smallest absolute Gasteiger partial charge is 0.221 e. The molecule has 1 atom stereocenters. The monoisotopic (exact) mass is 298 g/mol. The zero-order chi connectivity index (χ0) is 12.6. The molecule has 0 aliphatic carbocycles. The zero-order valence-corrected chi connectivity index (χ0v) is 11.9. The molecular formula is C11H15BrN4O. The minimum Gasteiger partial charge on any atom is -0.425 e. The SMILES string of the molecule is Cc1nnc(C(C)Cn2nc(C)c(Br)c2C)o1. The Bertz CT molecular complexity index is 532. The Balaban J connectivity index is 2.18. The molecule has 0 aliphatic rings. The molecule has 1 unspecified atom stereocenters. The predicted molar refractivity (Wildman–Crippen MR) is 66.9 cm³/mol. The minimum absolute atomic E-state index is 0.154. The summed E-state index contributed by atoms with van der Waals surface area (Å²) in [4.78, 5) is 0. The maximum Gasteiger partial charge on any atom is 0.221 e. The van der Waals surface area contributed by atoms with Crippen molar-refractivity contribution >= 4 is 15.9 Å². The summed E-state index contributed by atoms with van der Waals surface area (Å²) in [5, 5.41) is 12.3. The number of rotatable bonds is 3. The Hall–Kier alpha value is -1.17. The van der Waals surface area contributed by atoms with Crippen molar-refractivity contribution in [3.8, 4) is 0 Å². The summed E-state index contributed by atoms with van der Waals surface area (Å²) in [5.41, 5.74) is 2.11. The Labute approximate surface area is 108 Å². The van der Waals surface area contributed by atoms with Crippen molar-refractivity contribution in [1.82, 2.24) is 20.0 Å². The first kappa shape index (κ1) is 12.3. The van der Waals surface area contributed by atoms with Crippen LogP contribution in [0.15, 0.2) is 8.89 Å². The number of aromatic nitrogens is 4. The van der Waals surface area contributed by atoms with Crippen molar-refractivity contribution in [2.75, 3.05) is 0 Å². The first-order chi connectivity index (χ1) is 7.99. The van der Waals surface area contributed by atoms with Crippen LogP contribution in [0.2, 0.25) is 0 Å². The number of hydrogen-bond acceptors (Lipinski definition) is 4. The van der Waals surface area contributed by atoms with Gasteiger partial charge in [0, 0.05) is 12.6 Å². The van der Waals surface area contributed by atoms with Crippen LogP contribution in [0.1, 0.15) is 36.0 Å². The summed E-state index contributed by atoms with van der Waals surface area (Å²) in [6.45, 7) is 8.60. The summed E-state index contributed by atoms with van der Waals surface area (Å²) < 4.78 is 8.44. The van der Waals surface area contributed by atoms with Gasteiger partial charge in [-0.3, -0.25) is 4.68 Å². The van der Waals surface area contributed by atoms with Crippen LogP contribution in [-0.2, 0) is 6.54 Å². The lowest BCUT2D eigenvalue weighted by Gasteiger charge is -2.08. The second kappa shape index (κ2) is 4.60. The van der Waals surface area contributed by atoms with Gasteiger partial charge in [-0.05, 0) is 29.8 Å². The molecule has 0 radical (unpaired) electrons. The fourth-order valence-corrected chi connectivity index (χ4v) is 1.99. The lowest BCUT2D eigenvalue weighted by molar-refractivity contribution is 0.401. The molecule has 92 valence electrons. The largest absolute Gasteiger partial charge is 0.425 e. The quantitative estimate of drug-likeness (QED) is 0.874. The van der Waals surface area contributed by atoms with Crippen molar-refractivity contribution in [2.24, 2.45) is 0 Å². The van der Waals surface area contributed by atoms with Crippen LogP contribution in [0, 0.1) is 20.8 Å². The van der Waals surface area contributed by atoms with Gasteiger partial charge in [-0.25, -0.2) is 0 Å². The van der Waals surface area contributed by atoms with E-state index in [1.807, 2.05) is 18.5 Å². The molecule has 5 nitrogen and oxygen atoms in total. The van der Waals surface area contributed by atoms with Gasteiger partial charge >= 0.3 is 0 Å². The molecule has 0 fully saturated rings.